The molecule has 0 bridgehead atoms. The second kappa shape index (κ2) is 4.32. The number of H-pyrrole nitrogens is 1. The molecule has 1 rings (SSSR count). The van der Waals surface area contributed by atoms with Crippen LogP contribution in [0.2, 0.25) is 0 Å². The highest BCUT2D eigenvalue weighted by molar-refractivity contribution is 5.74. The van der Waals surface area contributed by atoms with Crippen LogP contribution < -0.4 is 5.43 Å². The first kappa shape index (κ1) is 10.8. The summed E-state index contributed by atoms with van der Waals surface area (Å²) in [7, 11) is 0. The number of aromatic amines is 1. The fourth-order valence-corrected chi connectivity index (χ4v) is 1.02. The SMILES string of the molecule is C=CC=Nc1c(C)[nH]cc([N+](=O)[O-])c1=O. The van der Waals surface area contributed by atoms with Crippen molar-refractivity contribution in [2.24, 2.45) is 4.99 Å². The Bertz CT molecular complexity index is 488. The molecule has 6 heteroatoms. The van der Waals surface area contributed by atoms with E-state index in [9.17, 15) is 14.9 Å². The van der Waals surface area contributed by atoms with E-state index >= 15 is 0 Å². The molecule has 1 heterocycles. The maximum Gasteiger partial charge on any atom is 0.334 e. The van der Waals surface area contributed by atoms with E-state index < -0.39 is 16.0 Å². The minimum atomic E-state index is -0.745. The third kappa shape index (κ3) is 2.16. The van der Waals surface area contributed by atoms with E-state index in [0.717, 1.165) is 6.20 Å². The van der Waals surface area contributed by atoms with Gasteiger partial charge < -0.3 is 4.98 Å². The molecule has 0 aliphatic carbocycles. The Hall–Kier alpha value is -2.24. The fourth-order valence-electron chi connectivity index (χ4n) is 1.02. The topological polar surface area (TPSA) is 88.4 Å². The third-order valence-corrected chi connectivity index (χ3v) is 1.73. The Morgan fingerprint density at radius 1 is 1.67 bits per heavy atom. The molecule has 15 heavy (non-hydrogen) atoms. The van der Waals surface area contributed by atoms with Gasteiger partial charge in [0.05, 0.1) is 11.1 Å². The molecule has 0 spiro atoms. The predicted molar refractivity (Wildman–Crippen MR) is 56.8 cm³/mol. The van der Waals surface area contributed by atoms with Gasteiger partial charge in [-0.05, 0) is 6.92 Å². The van der Waals surface area contributed by atoms with Gasteiger partial charge in [0, 0.05) is 11.9 Å². The number of aliphatic imine (C=N–C) groups is 1. The first-order chi connectivity index (χ1) is 7.07. The van der Waals surface area contributed by atoms with E-state index in [2.05, 4.69) is 16.6 Å². The summed E-state index contributed by atoms with van der Waals surface area (Å²) in [5.41, 5.74) is -0.709. The molecule has 6 nitrogen and oxygen atoms in total. The van der Waals surface area contributed by atoms with Crippen molar-refractivity contribution in [3.8, 4) is 0 Å². The van der Waals surface area contributed by atoms with Gasteiger partial charge in [-0.3, -0.25) is 19.9 Å². The lowest BCUT2D eigenvalue weighted by molar-refractivity contribution is -0.386. The number of rotatable bonds is 3. The van der Waals surface area contributed by atoms with Crippen molar-refractivity contribution in [1.82, 2.24) is 4.98 Å². The van der Waals surface area contributed by atoms with Crippen molar-refractivity contribution in [3.63, 3.8) is 0 Å². The average Bonchev–Trinajstić information content (AvgIpc) is 2.17. The van der Waals surface area contributed by atoms with Crippen LogP contribution in [-0.4, -0.2) is 16.1 Å². The maximum atomic E-state index is 11.5. The highest BCUT2D eigenvalue weighted by Gasteiger charge is 2.16. The summed E-state index contributed by atoms with van der Waals surface area (Å²) >= 11 is 0. The summed E-state index contributed by atoms with van der Waals surface area (Å²) in [6.45, 7) is 5.01. The molecule has 0 amide bonds. The lowest BCUT2D eigenvalue weighted by Gasteiger charge is -1.98. The van der Waals surface area contributed by atoms with Crippen LogP contribution in [0, 0.1) is 17.0 Å². The number of pyridine rings is 1. The predicted octanol–water partition coefficient (Wildman–Crippen LogP) is 1.48. The van der Waals surface area contributed by atoms with Crippen LogP contribution in [0.3, 0.4) is 0 Å². The Kier molecular flexibility index (Phi) is 3.12. The van der Waals surface area contributed by atoms with Gasteiger partial charge in [0.15, 0.2) is 0 Å². The van der Waals surface area contributed by atoms with E-state index in [1.807, 2.05) is 0 Å². The minimum Gasteiger partial charge on any atom is -0.358 e. The molecule has 0 atom stereocenters. The van der Waals surface area contributed by atoms with Crippen molar-refractivity contribution >= 4 is 17.6 Å². The van der Waals surface area contributed by atoms with Crippen LogP contribution in [0.4, 0.5) is 11.4 Å². The van der Waals surface area contributed by atoms with Crippen LogP contribution in [0.1, 0.15) is 5.69 Å². The van der Waals surface area contributed by atoms with Gasteiger partial charge in [-0.1, -0.05) is 12.7 Å². The number of hydrogen-bond acceptors (Lipinski definition) is 4. The van der Waals surface area contributed by atoms with E-state index in [4.69, 9.17) is 0 Å². The number of nitrogens with zero attached hydrogens (tertiary/aromatic N) is 2. The number of aryl methyl sites for hydroxylation is 1. The Labute approximate surface area is 85.1 Å². The van der Waals surface area contributed by atoms with Crippen LogP contribution in [0.5, 0.6) is 0 Å². The standard InChI is InChI=1S/C9H9N3O3/c1-3-4-10-8-6(2)11-5-7(9(8)13)12(14)15/h3-5H,1H2,2H3,(H,11,13). The average molecular weight is 207 g/mol. The van der Waals surface area contributed by atoms with Crippen molar-refractivity contribution in [1.29, 1.82) is 0 Å². The number of hydrogen-bond donors (Lipinski definition) is 1. The maximum absolute atomic E-state index is 11.5. The highest BCUT2D eigenvalue weighted by Crippen LogP contribution is 2.14. The first-order valence-corrected chi connectivity index (χ1v) is 4.09. The normalized spacial score (nSPS) is 10.5. The summed E-state index contributed by atoms with van der Waals surface area (Å²) in [4.78, 5) is 27.6. The lowest BCUT2D eigenvalue weighted by atomic mass is 10.3. The quantitative estimate of drug-likeness (QED) is 0.462. The van der Waals surface area contributed by atoms with Crippen LogP contribution in [0.25, 0.3) is 0 Å². The zero-order chi connectivity index (χ0) is 11.4. The number of allylic oxidation sites excluding steroid dienone is 1. The van der Waals surface area contributed by atoms with E-state index in [1.54, 1.807) is 6.92 Å². The van der Waals surface area contributed by atoms with Crippen molar-refractivity contribution in [3.05, 3.63) is 44.9 Å². The van der Waals surface area contributed by atoms with Crippen LogP contribution >= 0.6 is 0 Å². The van der Waals surface area contributed by atoms with E-state index in [-0.39, 0.29) is 5.69 Å². The molecular weight excluding hydrogens is 198 g/mol. The lowest BCUT2D eigenvalue weighted by Crippen LogP contribution is -2.09. The molecule has 0 aliphatic heterocycles. The molecule has 78 valence electrons. The molecule has 0 fully saturated rings. The summed E-state index contributed by atoms with van der Waals surface area (Å²) in [5, 5.41) is 10.5. The van der Waals surface area contributed by atoms with Crippen LogP contribution in [-0.2, 0) is 0 Å². The smallest absolute Gasteiger partial charge is 0.334 e. The molecule has 1 aromatic heterocycles. The van der Waals surface area contributed by atoms with Gasteiger partial charge in [0.25, 0.3) is 5.43 Å². The molecule has 0 unspecified atom stereocenters. The Morgan fingerprint density at radius 2 is 2.33 bits per heavy atom. The fraction of sp³-hybridized carbons (Fsp3) is 0.111. The van der Waals surface area contributed by atoms with E-state index in [1.165, 1.54) is 12.3 Å². The number of aromatic nitrogens is 1. The second-order valence-corrected chi connectivity index (χ2v) is 2.75. The van der Waals surface area contributed by atoms with Crippen LogP contribution in [0.15, 0.2) is 28.6 Å². The first-order valence-electron chi connectivity index (χ1n) is 4.09. The van der Waals surface area contributed by atoms with Crippen molar-refractivity contribution < 1.29 is 4.92 Å². The van der Waals surface area contributed by atoms with Gasteiger partial charge >= 0.3 is 5.69 Å². The Morgan fingerprint density at radius 3 is 2.87 bits per heavy atom. The summed E-state index contributed by atoms with van der Waals surface area (Å²) < 4.78 is 0. The monoisotopic (exact) mass is 207 g/mol. The number of nitrogens with one attached hydrogen (secondary N) is 1. The molecule has 0 saturated heterocycles. The summed E-state index contributed by atoms with van der Waals surface area (Å²) in [6, 6.07) is 0. The summed E-state index contributed by atoms with van der Waals surface area (Å²) in [6.07, 6.45) is 3.75. The summed E-state index contributed by atoms with van der Waals surface area (Å²) in [5.74, 6) is 0. The molecule has 0 aliphatic rings. The van der Waals surface area contributed by atoms with Gasteiger partial charge in [-0.25, -0.2) is 0 Å². The van der Waals surface area contributed by atoms with Gasteiger partial charge in [0.2, 0.25) is 0 Å². The van der Waals surface area contributed by atoms with Gasteiger partial charge in [-0.15, -0.1) is 0 Å². The van der Waals surface area contributed by atoms with Crippen molar-refractivity contribution in [2.75, 3.05) is 0 Å². The third-order valence-electron chi connectivity index (χ3n) is 1.73. The van der Waals surface area contributed by atoms with Gasteiger partial charge in [0.1, 0.15) is 5.69 Å². The zero-order valence-electron chi connectivity index (χ0n) is 8.06. The molecule has 0 aromatic carbocycles. The molecule has 0 radical (unpaired) electrons. The molecule has 1 aromatic rings. The number of nitro groups is 1. The van der Waals surface area contributed by atoms with E-state index in [0.29, 0.717) is 5.69 Å². The van der Waals surface area contributed by atoms with Crippen molar-refractivity contribution in [2.45, 2.75) is 6.92 Å². The van der Waals surface area contributed by atoms with Gasteiger partial charge in [-0.2, -0.15) is 0 Å². The highest BCUT2D eigenvalue weighted by atomic mass is 16.6. The zero-order valence-corrected chi connectivity index (χ0v) is 8.06. The molecule has 0 saturated carbocycles. The Balaban J connectivity index is 3.43. The molecule has 1 N–H and O–H groups in total. The minimum absolute atomic E-state index is 0.0316. The molecular formula is C9H9N3O3. The second-order valence-electron chi connectivity index (χ2n) is 2.75. The largest absolute Gasteiger partial charge is 0.358 e.